The number of benzene rings is 4. The quantitative estimate of drug-likeness (QED) is 0.179. The standard InChI is InChI=1S/C30H25N3O8/c1-38-23-15-14-21(26(39-2)27(23)40-3)25-24-28(41-32(25)18-10-7-11-19(16-18)33(36)37)30(35)31(29(24)34)22-13-6-9-17-8-4-5-12-20(17)22/h4-16,24-25,28H,1-3H3/t24-,25+,28-/m0/s1. The van der Waals surface area contributed by atoms with Crippen molar-refractivity contribution in [1.29, 1.82) is 0 Å². The van der Waals surface area contributed by atoms with Crippen LogP contribution in [0.25, 0.3) is 10.8 Å². The summed E-state index contributed by atoms with van der Waals surface area (Å²) in [4.78, 5) is 46.6. The van der Waals surface area contributed by atoms with Crippen molar-refractivity contribution < 1.29 is 33.6 Å². The number of amides is 2. The van der Waals surface area contributed by atoms with Gasteiger partial charge in [-0.15, -0.1) is 0 Å². The van der Waals surface area contributed by atoms with Crippen LogP contribution < -0.4 is 24.2 Å². The number of hydroxylamine groups is 1. The molecule has 2 aliphatic heterocycles. The van der Waals surface area contributed by atoms with Crippen LogP contribution in [0.5, 0.6) is 17.2 Å². The largest absolute Gasteiger partial charge is 0.493 e. The minimum Gasteiger partial charge on any atom is -0.493 e. The number of nitro groups is 1. The van der Waals surface area contributed by atoms with Gasteiger partial charge in [-0.2, -0.15) is 0 Å². The third-order valence-electron chi connectivity index (χ3n) is 7.47. The highest BCUT2D eigenvalue weighted by atomic mass is 16.7. The van der Waals surface area contributed by atoms with E-state index >= 15 is 0 Å². The minimum atomic E-state index is -1.19. The van der Waals surface area contributed by atoms with Gasteiger partial charge in [0.05, 0.1) is 37.6 Å². The zero-order valence-electron chi connectivity index (χ0n) is 22.3. The molecule has 11 heteroatoms. The molecule has 208 valence electrons. The molecule has 2 amide bonds. The lowest BCUT2D eigenvalue weighted by atomic mass is 9.89. The van der Waals surface area contributed by atoms with Crippen molar-refractivity contribution in [2.24, 2.45) is 5.92 Å². The second kappa shape index (κ2) is 10.1. The third-order valence-corrected chi connectivity index (χ3v) is 7.47. The van der Waals surface area contributed by atoms with Crippen LogP contribution in [0.3, 0.4) is 0 Å². The zero-order valence-corrected chi connectivity index (χ0v) is 22.3. The van der Waals surface area contributed by atoms with E-state index in [-0.39, 0.29) is 17.2 Å². The van der Waals surface area contributed by atoms with E-state index in [0.717, 1.165) is 10.8 Å². The number of fused-ring (bicyclic) bond motifs is 2. The first kappa shape index (κ1) is 26.1. The molecule has 2 fully saturated rings. The van der Waals surface area contributed by atoms with Crippen molar-refractivity contribution in [3.05, 3.63) is 94.5 Å². The second-order valence-electron chi connectivity index (χ2n) is 9.53. The number of nitrogens with zero attached hydrogens (tertiary/aromatic N) is 3. The molecular weight excluding hydrogens is 530 g/mol. The Morgan fingerprint density at radius 2 is 1.56 bits per heavy atom. The lowest BCUT2D eigenvalue weighted by Crippen LogP contribution is -2.37. The number of carbonyl (C=O) groups is 2. The van der Waals surface area contributed by atoms with Crippen LogP contribution in [0, 0.1) is 16.0 Å². The van der Waals surface area contributed by atoms with Crippen LogP contribution in [0.15, 0.2) is 78.9 Å². The average Bonchev–Trinajstić information content (AvgIpc) is 3.51. The van der Waals surface area contributed by atoms with E-state index in [1.54, 1.807) is 30.3 Å². The molecule has 4 aromatic carbocycles. The number of imide groups is 1. The maximum absolute atomic E-state index is 14.2. The normalized spacial score (nSPS) is 19.9. The molecule has 0 saturated carbocycles. The predicted octanol–water partition coefficient (Wildman–Crippen LogP) is 4.82. The highest BCUT2D eigenvalue weighted by Gasteiger charge is 2.61. The van der Waals surface area contributed by atoms with Crippen LogP contribution in [-0.2, 0) is 14.4 Å². The van der Waals surface area contributed by atoms with Gasteiger partial charge in [0.15, 0.2) is 17.6 Å². The Kier molecular flexibility index (Phi) is 6.43. The molecule has 4 aromatic rings. The summed E-state index contributed by atoms with van der Waals surface area (Å²) >= 11 is 0. The van der Waals surface area contributed by atoms with Crippen LogP contribution in [-0.4, -0.2) is 44.2 Å². The van der Waals surface area contributed by atoms with E-state index in [1.807, 2.05) is 30.3 Å². The highest BCUT2D eigenvalue weighted by Crippen LogP contribution is 2.53. The molecule has 0 aliphatic carbocycles. The highest BCUT2D eigenvalue weighted by molar-refractivity contribution is 6.26. The van der Waals surface area contributed by atoms with Crippen molar-refractivity contribution in [3.63, 3.8) is 0 Å². The van der Waals surface area contributed by atoms with E-state index in [0.29, 0.717) is 22.7 Å². The molecule has 3 atom stereocenters. The summed E-state index contributed by atoms with van der Waals surface area (Å²) in [5.74, 6) is -1.04. The number of anilines is 2. The summed E-state index contributed by atoms with van der Waals surface area (Å²) < 4.78 is 16.8. The zero-order chi connectivity index (χ0) is 28.8. The predicted molar refractivity (Wildman–Crippen MR) is 149 cm³/mol. The van der Waals surface area contributed by atoms with Gasteiger partial charge in [0.25, 0.3) is 11.6 Å². The Hall–Kier alpha value is -5.16. The molecule has 0 N–H and O–H groups in total. The number of hydrogen-bond acceptors (Lipinski definition) is 9. The van der Waals surface area contributed by atoms with Crippen LogP contribution in [0.1, 0.15) is 11.6 Å². The lowest BCUT2D eigenvalue weighted by molar-refractivity contribution is -0.384. The van der Waals surface area contributed by atoms with Gasteiger partial charge in [0.2, 0.25) is 11.7 Å². The van der Waals surface area contributed by atoms with E-state index < -0.39 is 34.8 Å². The van der Waals surface area contributed by atoms with E-state index in [2.05, 4.69) is 0 Å². The van der Waals surface area contributed by atoms with Crippen molar-refractivity contribution in [1.82, 2.24) is 0 Å². The molecule has 2 aliphatic rings. The second-order valence-corrected chi connectivity index (χ2v) is 9.53. The van der Waals surface area contributed by atoms with Gasteiger partial charge >= 0.3 is 0 Å². The van der Waals surface area contributed by atoms with E-state index in [4.69, 9.17) is 19.0 Å². The fourth-order valence-corrected chi connectivity index (χ4v) is 5.70. The van der Waals surface area contributed by atoms with E-state index in [9.17, 15) is 19.7 Å². The van der Waals surface area contributed by atoms with Gasteiger partial charge in [-0.1, -0.05) is 42.5 Å². The van der Waals surface area contributed by atoms with Crippen LogP contribution >= 0.6 is 0 Å². The number of carbonyl (C=O) groups excluding carboxylic acids is 2. The molecule has 0 spiro atoms. The fraction of sp³-hybridized carbons (Fsp3) is 0.200. The van der Waals surface area contributed by atoms with Gasteiger partial charge in [-0.25, -0.2) is 9.96 Å². The minimum absolute atomic E-state index is 0.170. The number of hydrogen-bond donors (Lipinski definition) is 0. The summed E-state index contributed by atoms with van der Waals surface area (Å²) in [6, 6.07) is 21.2. The van der Waals surface area contributed by atoms with Gasteiger partial charge in [-0.05, 0) is 29.7 Å². The Bertz CT molecular complexity index is 1700. The van der Waals surface area contributed by atoms with Gasteiger partial charge in [0, 0.05) is 23.1 Å². The van der Waals surface area contributed by atoms with Crippen molar-refractivity contribution in [2.45, 2.75) is 12.1 Å². The fourth-order valence-electron chi connectivity index (χ4n) is 5.70. The van der Waals surface area contributed by atoms with Crippen LogP contribution in [0.2, 0.25) is 0 Å². The summed E-state index contributed by atoms with van der Waals surface area (Å²) in [6.07, 6.45) is -1.19. The number of nitro benzene ring substituents is 1. The third kappa shape index (κ3) is 4.01. The number of rotatable bonds is 7. The molecule has 2 heterocycles. The first-order chi connectivity index (χ1) is 19.9. The topological polar surface area (TPSA) is 121 Å². The molecule has 0 unspecified atom stereocenters. The van der Waals surface area contributed by atoms with Crippen LogP contribution in [0.4, 0.5) is 17.1 Å². The summed E-state index contributed by atoms with van der Waals surface area (Å²) in [5, 5.41) is 14.6. The lowest BCUT2D eigenvalue weighted by Gasteiger charge is -2.30. The molecular formula is C30H25N3O8. The van der Waals surface area contributed by atoms with Gasteiger partial charge in [-0.3, -0.25) is 24.5 Å². The molecule has 11 nitrogen and oxygen atoms in total. The molecule has 6 rings (SSSR count). The maximum atomic E-state index is 14.2. The first-order valence-corrected chi connectivity index (χ1v) is 12.7. The van der Waals surface area contributed by atoms with Gasteiger partial charge in [0.1, 0.15) is 12.0 Å². The number of non-ortho nitro benzene ring substituents is 1. The monoisotopic (exact) mass is 555 g/mol. The first-order valence-electron chi connectivity index (χ1n) is 12.7. The summed E-state index contributed by atoms with van der Waals surface area (Å²) in [5.41, 5.74) is 1.06. The Balaban J connectivity index is 1.53. The van der Waals surface area contributed by atoms with Crippen molar-refractivity contribution >= 4 is 39.6 Å². The van der Waals surface area contributed by atoms with Gasteiger partial charge < -0.3 is 14.2 Å². The Morgan fingerprint density at radius 1 is 0.829 bits per heavy atom. The SMILES string of the molecule is COc1ccc([C@@H]2[C@@H]3C(=O)N(c4cccc5ccccc45)C(=O)[C@H]3ON2c2cccc([N+](=O)[O-])c2)c(OC)c1OC. The summed E-state index contributed by atoms with van der Waals surface area (Å²) in [7, 11) is 4.40. The molecule has 41 heavy (non-hydrogen) atoms. The van der Waals surface area contributed by atoms with Crippen molar-refractivity contribution in [3.8, 4) is 17.2 Å². The molecule has 0 radical (unpaired) electrons. The molecule has 0 bridgehead atoms. The summed E-state index contributed by atoms with van der Waals surface area (Å²) in [6.45, 7) is 0. The van der Waals surface area contributed by atoms with E-state index in [1.165, 1.54) is 49.5 Å². The van der Waals surface area contributed by atoms with Crippen molar-refractivity contribution in [2.75, 3.05) is 31.3 Å². The molecule has 0 aromatic heterocycles. The molecule has 2 saturated heterocycles. The number of methoxy groups -OCH3 is 3. The smallest absolute Gasteiger partial charge is 0.271 e. The Morgan fingerprint density at radius 3 is 2.29 bits per heavy atom. The maximum Gasteiger partial charge on any atom is 0.271 e. The average molecular weight is 556 g/mol. The number of ether oxygens (including phenoxy) is 3. The Labute approximate surface area is 234 Å².